The molecule has 3 aromatic rings. The Kier molecular flexibility index (Phi) is 6.45. The maximum atomic E-state index is 12.7. The second-order valence-electron chi connectivity index (χ2n) is 7.40. The highest BCUT2D eigenvalue weighted by Crippen LogP contribution is 2.24. The Bertz CT molecular complexity index is 1040. The molecule has 29 heavy (non-hydrogen) atoms. The van der Waals surface area contributed by atoms with Gasteiger partial charge >= 0.3 is 0 Å². The van der Waals surface area contributed by atoms with Gasteiger partial charge in [-0.05, 0) is 54.8 Å². The molecule has 0 fully saturated rings. The fourth-order valence-corrected chi connectivity index (χ4v) is 3.26. The van der Waals surface area contributed by atoms with Gasteiger partial charge in [0.1, 0.15) is 0 Å². The molecule has 0 bridgehead atoms. The molecule has 4 heteroatoms. The molecule has 3 aromatic carbocycles. The molecule has 0 aliphatic rings. The van der Waals surface area contributed by atoms with Crippen molar-refractivity contribution < 1.29 is 9.59 Å². The summed E-state index contributed by atoms with van der Waals surface area (Å²) in [5.74, 6) is -0.235. The molecule has 0 saturated heterocycles. The van der Waals surface area contributed by atoms with Gasteiger partial charge in [0.15, 0.2) is 0 Å². The van der Waals surface area contributed by atoms with Gasteiger partial charge in [-0.2, -0.15) is 0 Å². The number of hydrogen-bond acceptors (Lipinski definition) is 2. The summed E-state index contributed by atoms with van der Waals surface area (Å²) >= 11 is 0. The van der Waals surface area contributed by atoms with E-state index in [1.54, 1.807) is 18.2 Å². The highest BCUT2D eigenvalue weighted by Gasteiger charge is 2.13. The van der Waals surface area contributed by atoms with E-state index in [1.165, 1.54) is 0 Å². The van der Waals surface area contributed by atoms with Crippen LogP contribution in [0.5, 0.6) is 0 Å². The van der Waals surface area contributed by atoms with Crippen molar-refractivity contribution in [3.05, 3.63) is 95.1 Å². The van der Waals surface area contributed by atoms with E-state index in [9.17, 15) is 9.59 Å². The molecule has 2 amide bonds. The van der Waals surface area contributed by atoms with Crippen molar-refractivity contribution in [3.63, 3.8) is 0 Å². The summed E-state index contributed by atoms with van der Waals surface area (Å²) in [6.45, 7) is 6.18. The Balaban J connectivity index is 1.64. The van der Waals surface area contributed by atoms with Gasteiger partial charge < -0.3 is 10.6 Å². The van der Waals surface area contributed by atoms with E-state index in [4.69, 9.17) is 0 Å². The van der Waals surface area contributed by atoms with E-state index in [-0.39, 0.29) is 17.9 Å². The van der Waals surface area contributed by atoms with E-state index < -0.39 is 0 Å². The van der Waals surface area contributed by atoms with Crippen LogP contribution in [-0.4, -0.2) is 11.8 Å². The average molecular weight is 386 g/mol. The van der Waals surface area contributed by atoms with E-state index in [0.29, 0.717) is 12.1 Å². The van der Waals surface area contributed by atoms with Crippen LogP contribution in [0.2, 0.25) is 0 Å². The number of amides is 2. The van der Waals surface area contributed by atoms with Gasteiger partial charge in [0.2, 0.25) is 5.91 Å². The van der Waals surface area contributed by atoms with Gasteiger partial charge in [-0.1, -0.05) is 60.2 Å². The summed E-state index contributed by atoms with van der Waals surface area (Å²) in [4.78, 5) is 24.4. The van der Waals surface area contributed by atoms with Crippen molar-refractivity contribution in [2.45, 2.75) is 33.4 Å². The van der Waals surface area contributed by atoms with Crippen LogP contribution in [0.25, 0.3) is 10.8 Å². The zero-order chi connectivity index (χ0) is 20.8. The highest BCUT2D eigenvalue weighted by atomic mass is 16.2. The first kappa shape index (κ1) is 20.3. The maximum absolute atomic E-state index is 12.7. The van der Waals surface area contributed by atoms with Crippen molar-refractivity contribution in [2.24, 2.45) is 0 Å². The van der Waals surface area contributed by atoms with E-state index in [2.05, 4.69) is 28.8 Å². The van der Waals surface area contributed by atoms with E-state index in [0.717, 1.165) is 27.5 Å². The van der Waals surface area contributed by atoms with Crippen LogP contribution < -0.4 is 10.6 Å². The summed E-state index contributed by atoms with van der Waals surface area (Å²) in [5, 5.41) is 8.22. The predicted octanol–water partition coefficient (Wildman–Crippen LogP) is 4.91. The lowest BCUT2D eigenvalue weighted by Gasteiger charge is -2.17. The number of carbonyl (C=O) groups is 2. The Labute approximate surface area is 171 Å². The van der Waals surface area contributed by atoms with Gasteiger partial charge in [-0.15, -0.1) is 0 Å². The molecule has 0 aromatic heterocycles. The summed E-state index contributed by atoms with van der Waals surface area (Å²) in [5.41, 5.74) is 3.58. The molecule has 0 aliphatic heterocycles. The number of allylic oxidation sites excluding steroid dienone is 1. The summed E-state index contributed by atoms with van der Waals surface area (Å²) in [7, 11) is 0. The third-order valence-corrected chi connectivity index (χ3v) is 4.74. The van der Waals surface area contributed by atoms with Gasteiger partial charge in [0.25, 0.3) is 5.91 Å². The number of carbonyl (C=O) groups excluding carboxylic acids is 2. The number of benzene rings is 3. The maximum Gasteiger partial charge on any atom is 0.251 e. The molecule has 4 nitrogen and oxygen atoms in total. The largest absolute Gasteiger partial charge is 0.348 e. The van der Waals surface area contributed by atoms with Gasteiger partial charge in [-0.3, -0.25) is 9.59 Å². The van der Waals surface area contributed by atoms with Crippen LogP contribution in [0.15, 0.2) is 78.4 Å². The predicted molar refractivity (Wildman–Crippen MR) is 118 cm³/mol. The molecular weight excluding hydrogens is 360 g/mol. The summed E-state index contributed by atoms with van der Waals surface area (Å²) in [6.07, 6.45) is 1.57. The van der Waals surface area contributed by atoms with Crippen LogP contribution in [-0.2, 0) is 11.3 Å². The molecule has 0 spiro atoms. The summed E-state index contributed by atoms with van der Waals surface area (Å²) in [6, 6.07) is 21.5. The number of rotatable bonds is 6. The van der Waals surface area contributed by atoms with Crippen LogP contribution >= 0.6 is 0 Å². The van der Waals surface area contributed by atoms with Crippen LogP contribution in [0.3, 0.4) is 0 Å². The lowest BCUT2D eigenvalue weighted by molar-refractivity contribution is -0.116. The Morgan fingerprint density at radius 2 is 1.62 bits per heavy atom. The summed E-state index contributed by atoms with van der Waals surface area (Å²) < 4.78 is 0. The molecule has 0 saturated carbocycles. The molecule has 1 unspecified atom stereocenters. The monoisotopic (exact) mass is 386 g/mol. The van der Waals surface area contributed by atoms with Gasteiger partial charge in [-0.25, -0.2) is 0 Å². The van der Waals surface area contributed by atoms with E-state index >= 15 is 0 Å². The molecule has 0 radical (unpaired) electrons. The third kappa shape index (κ3) is 5.32. The average Bonchev–Trinajstić information content (AvgIpc) is 2.71. The standard InChI is InChI=1S/C25H26N2O2/c1-17(2)15-24(28)26-16-19-11-13-21(14-12-19)25(29)27-18(3)22-10-6-8-20-7-4-5-9-23(20)22/h4-15,18H,16H2,1-3H3,(H,26,28)(H,27,29). The zero-order valence-electron chi connectivity index (χ0n) is 17.0. The number of nitrogens with one attached hydrogen (secondary N) is 2. The smallest absolute Gasteiger partial charge is 0.251 e. The second-order valence-corrected chi connectivity index (χ2v) is 7.40. The quantitative estimate of drug-likeness (QED) is 0.591. The normalized spacial score (nSPS) is 11.6. The molecular formula is C25H26N2O2. The van der Waals surface area contributed by atoms with Crippen molar-refractivity contribution >= 4 is 22.6 Å². The molecule has 148 valence electrons. The first-order chi connectivity index (χ1) is 13.9. The van der Waals surface area contributed by atoms with Crippen molar-refractivity contribution in [1.29, 1.82) is 0 Å². The highest BCUT2D eigenvalue weighted by molar-refractivity contribution is 5.95. The fraction of sp³-hybridized carbons (Fsp3) is 0.200. The SMILES string of the molecule is CC(C)=CC(=O)NCc1ccc(C(=O)NC(C)c2cccc3ccccc23)cc1. The first-order valence-electron chi connectivity index (χ1n) is 9.74. The van der Waals surface area contributed by atoms with Crippen LogP contribution in [0.4, 0.5) is 0 Å². The molecule has 2 N–H and O–H groups in total. The van der Waals surface area contributed by atoms with Crippen LogP contribution in [0.1, 0.15) is 48.3 Å². The van der Waals surface area contributed by atoms with Crippen molar-refractivity contribution in [2.75, 3.05) is 0 Å². The lowest BCUT2D eigenvalue weighted by atomic mass is 9.99. The molecule has 0 heterocycles. The second kappa shape index (κ2) is 9.20. The fourth-order valence-electron chi connectivity index (χ4n) is 3.26. The number of fused-ring (bicyclic) bond motifs is 1. The Morgan fingerprint density at radius 3 is 2.34 bits per heavy atom. The third-order valence-electron chi connectivity index (χ3n) is 4.74. The van der Waals surface area contributed by atoms with Crippen LogP contribution in [0, 0.1) is 0 Å². The number of hydrogen-bond donors (Lipinski definition) is 2. The Morgan fingerprint density at radius 1 is 0.931 bits per heavy atom. The molecule has 1 atom stereocenters. The van der Waals surface area contributed by atoms with Crippen molar-refractivity contribution in [1.82, 2.24) is 10.6 Å². The minimum Gasteiger partial charge on any atom is -0.348 e. The van der Waals surface area contributed by atoms with Crippen molar-refractivity contribution in [3.8, 4) is 0 Å². The topological polar surface area (TPSA) is 58.2 Å². The molecule has 3 rings (SSSR count). The molecule has 0 aliphatic carbocycles. The van der Waals surface area contributed by atoms with Gasteiger partial charge in [0, 0.05) is 18.2 Å². The minimum absolute atomic E-state index is 0.114. The van der Waals surface area contributed by atoms with Gasteiger partial charge in [0.05, 0.1) is 6.04 Å². The lowest BCUT2D eigenvalue weighted by Crippen LogP contribution is -2.26. The Hall–Kier alpha value is -3.40. The first-order valence-corrected chi connectivity index (χ1v) is 9.74. The van der Waals surface area contributed by atoms with E-state index in [1.807, 2.05) is 57.2 Å². The zero-order valence-corrected chi connectivity index (χ0v) is 17.0. The minimum atomic E-state index is -0.120.